The Morgan fingerprint density at radius 1 is 1.13 bits per heavy atom. The number of methoxy groups -OCH3 is 3. The Morgan fingerprint density at radius 3 is 2.30 bits per heavy atom. The van der Waals surface area contributed by atoms with Crippen molar-refractivity contribution in [1.29, 1.82) is 0 Å². The van der Waals surface area contributed by atoms with E-state index in [9.17, 15) is 4.79 Å². The predicted octanol–water partition coefficient (Wildman–Crippen LogP) is 3.09. The number of thioether (sulfide) groups is 1. The van der Waals surface area contributed by atoms with Crippen LogP contribution >= 0.6 is 11.8 Å². The fourth-order valence-electron chi connectivity index (χ4n) is 2.91. The summed E-state index contributed by atoms with van der Waals surface area (Å²) < 4.78 is 16.5. The summed E-state index contributed by atoms with van der Waals surface area (Å²) in [5, 5.41) is -0.0624. The summed E-state index contributed by atoms with van der Waals surface area (Å²) in [4.78, 5) is 14.5. The summed E-state index contributed by atoms with van der Waals surface area (Å²) >= 11 is 1.77. The maximum Gasteiger partial charge on any atom is 0.224 e. The molecule has 1 unspecified atom stereocenters. The normalized spacial score (nSPS) is 21.3. The number of ether oxygens (including phenoxy) is 3. The highest BCUT2D eigenvalue weighted by Gasteiger charge is 2.37. The third-order valence-electron chi connectivity index (χ3n) is 4.35. The molecule has 0 radical (unpaired) electrons. The second kappa shape index (κ2) is 6.91. The summed E-state index contributed by atoms with van der Waals surface area (Å²) in [5.41, 5.74) is 0.925. The summed E-state index contributed by atoms with van der Waals surface area (Å²) in [6, 6.07) is 3.71. The zero-order valence-corrected chi connectivity index (χ0v) is 14.6. The Labute approximate surface area is 141 Å². The Morgan fingerprint density at radius 2 is 1.78 bits per heavy atom. The van der Waals surface area contributed by atoms with Crippen LogP contribution in [0.5, 0.6) is 17.2 Å². The van der Waals surface area contributed by atoms with E-state index in [-0.39, 0.29) is 11.3 Å². The molecule has 1 aromatic carbocycles. The summed E-state index contributed by atoms with van der Waals surface area (Å²) in [6.45, 7) is 0.828. The van der Waals surface area contributed by atoms with E-state index >= 15 is 0 Å². The van der Waals surface area contributed by atoms with Gasteiger partial charge in [-0.05, 0) is 18.8 Å². The highest BCUT2D eigenvalue weighted by molar-refractivity contribution is 7.99. The second-order valence-electron chi connectivity index (χ2n) is 5.91. The van der Waals surface area contributed by atoms with Crippen molar-refractivity contribution in [3.05, 3.63) is 17.7 Å². The standard InChI is InChI=1S/C17H23NO4S/c1-20-12-8-13(21-2)16(14(9-12)22-3)17-18(10-11-4-5-11)15(19)6-7-23-17/h8-9,11,17H,4-7,10H2,1-3H3. The van der Waals surface area contributed by atoms with Crippen LogP contribution in [0.3, 0.4) is 0 Å². The molecule has 1 saturated heterocycles. The smallest absolute Gasteiger partial charge is 0.224 e. The number of hydrogen-bond donors (Lipinski definition) is 0. The Balaban J connectivity index is 2.01. The second-order valence-corrected chi connectivity index (χ2v) is 7.10. The molecule has 0 bridgehead atoms. The van der Waals surface area contributed by atoms with Crippen molar-refractivity contribution in [3.8, 4) is 17.2 Å². The highest BCUT2D eigenvalue weighted by atomic mass is 32.2. The van der Waals surface area contributed by atoms with Crippen LogP contribution in [-0.2, 0) is 4.79 Å². The van der Waals surface area contributed by atoms with Crippen molar-refractivity contribution in [2.24, 2.45) is 5.92 Å². The van der Waals surface area contributed by atoms with Gasteiger partial charge in [-0.25, -0.2) is 0 Å². The quantitative estimate of drug-likeness (QED) is 0.798. The average molecular weight is 337 g/mol. The van der Waals surface area contributed by atoms with E-state index in [0.29, 0.717) is 29.6 Å². The Hall–Kier alpha value is -1.56. The van der Waals surface area contributed by atoms with Gasteiger partial charge in [0.1, 0.15) is 22.6 Å². The number of carbonyl (C=O) groups is 1. The molecule has 1 amide bonds. The molecule has 6 heteroatoms. The number of nitrogens with zero attached hydrogens (tertiary/aromatic N) is 1. The van der Waals surface area contributed by atoms with Gasteiger partial charge in [0.2, 0.25) is 5.91 Å². The molecule has 5 nitrogen and oxygen atoms in total. The minimum atomic E-state index is -0.0624. The van der Waals surface area contributed by atoms with Crippen molar-refractivity contribution in [3.63, 3.8) is 0 Å². The van der Waals surface area contributed by atoms with Crippen molar-refractivity contribution >= 4 is 17.7 Å². The molecule has 23 heavy (non-hydrogen) atoms. The third-order valence-corrected chi connectivity index (χ3v) is 5.59. The molecular formula is C17H23NO4S. The predicted molar refractivity (Wildman–Crippen MR) is 90.4 cm³/mol. The minimum Gasteiger partial charge on any atom is -0.496 e. The van der Waals surface area contributed by atoms with Gasteiger partial charge in [0.05, 0.1) is 26.9 Å². The average Bonchev–Trinajstić information content (AvgIpc) is 3.39. The van der Waals surface area contributed by atoms with E-state index in [2.05, 4.69) is 0 Å². The SMILES string of the molecule is COc1cc(OC)c(C2SCCC(=O)N2CC2CC2)c(OC)c1. The van der Waals surface area contributed by atoms with Gasteiger partial charge in [-0.1, -0.05) is 0 Å². The molecule has 0 aromatic heterocycles. The first kappa shape index (κ1) is 16.3. The molecule has 1 saturated carbocycles. The van der Waals surface area contributed by atoms with Gasteiger partial charge in [-0.3, -0.25) is 4.79 Å². The fourth-order valence-corrected chi connectivity index (χ4v) is 4.21. The van der Waals surface area contributed by atoms with Gasteiger partial charge < -0.3 is 19.1 Å². The Bertz CT molecular complexity index is 563. The first-order valence-electron chi connectivity index (χ1n) is 7.89. The van der Waals surface area contributed by atoms with Crippen LogP contribution in [0.15, 0.2) is 12.1 Å². The van der Waals surface area contributed by atoms with Crippen LogP contribution in [0.2, 0.25) is 0 Å². The first-order valence-corrected chi connectivity index (χ1v) is 8.93. The van der Waals surface area contributed by atoms with E-state index in [1.54, 1.807) is 33.1 Å². The molecule has 2 fully saturated rings. The van der Waals surface area contributed by atoms with Gasteiger partial charge in [-0.15, -0.1) is 11.8 Å². The van der Waals surface area contributed by atoms with E-state index in [1.165, 1.54) is 12.8 Å². The molecule has 1 aromatic rings. The van der Waals surface area contributed by atoms with Crippen LogP contribution in [0.1, 0.15) is 30.2 Å². The largest absolute Gasteiger partial charge is 0.496 e. The van der Waals surface area contributed by atoms with Gasteiger partial charge in [0.25, 0.3) is 0 Å². The molecular weight excluding hydrogens is 314 g/mol. The summed E-state index contributed by atoms with van der Waals surface area (Å²) in [7, 11) is 4.89. The number of carbonyl (C=O) groups excluding carboxylic acids is 1. The lowest BCUT2D eigenvalue weighted by molar-refractivity contribution is -0.132. The van der Waals surface area contributed by atoms with Crippen LogP contribution in [0, 0.1) is 5.92 Å². The lowest BCUT2D eigenvalue weighted by Crippen LogP contribution is -2.38. The minimum absolute atomic E-state index is 0.0624. The lowest BCUT2D eigenvalue weighted by atomic mass is 10.1. The maximum absolute atomic E-state index is 12.5. The van der Waals surface area contributed by atoms with Crippen molar-refractivity contribution < 1.29 is 19.0 Å². The van der Waals surface area contributed by atoms with Crippen molar-refractivity contribution in [2.75, 3.05) is 33.6 Å². The van der Waals surface area contributed by atoms with Crippen LogP contribution in [-0.4, -0.2) is 44.4 Å². The topological polar surface area (TPSA) is 48.0 Å². The molecule has 1 aliphatic carbocycles. The number of rotatable bonds is 6. The molecule has 2 aliphatic rings. The number of hydrogen-bond acceptors (Lipinski definition) is 5. The monoisotopic (exact) mass is 337 g/mol. The first-order chi connectivity index (χ1) is 11.2. The molecule has 1 heterocycles. The van der Waals surface area contributed by atoms with Gasteiger partial charge in [0.15, 0.2) is 0 Å². The van der Waals surface area contributed by atoms with Crippen LogP contribution in [0.4, 0.5) is 0 Å². The number of benzene rings is 1. The third kappa shape index (κ3) is 3.37. The maximum atomic E-state index is 12.5. The van der Waals surface area contributed by atoms with Crippen LogP contribution < -0.4 is 14.2 Å². The zero-order valence-electron chi connectivity index (χ0n) is 13.8. The van der Waals surface area contributed by atoms with Gasteiger partial charge >= 0.3 is 0 Å². The van der Waals surface area contributed by atoms with Crippen molar-refractivity contribution in [2.45, 2.75) is 24.6 Å². The molecule has 126 valence electrons. The van der Waals surface area contributed by atoms with Crippen LogP contribution in [0.25, 0.3) is 0 Å². The highest BCUT2D eigenvalue weighted by Crippen LogP contribution is 2.48. The number of amides is 1. The van der Waals surface area contributed by atoms with E-state index in [1.807, 2.05) is 17.0 Å². The molecule has 3 rings (SSSR count). The van der Waals surface area contributed by atoms with E-state index in [0.717, 1.165) is 17.9 Å². The van der Waals surface area contributed by atoms with Crippen molar-refractivity contribution in [1.82, 2.24) is 4.90 Å². The molecule has 0 N–H and O–H groups in total. The summed E-state index contributed by atoms with van der Waals surface area (Å²) in [6.07, 6.45) is 3.05. The Kier molecular flexibility index (Phi) is 4.90. The lowest BCUT2D eigenvalue weighted by Gasteiger charge is -2.36. The van der Waals surface area contributed by atoms with Gasteiger partial charge in [0, 0.05) is 30.9 Å². The molecule has 1 atom stereocenters. The summed E-state index contributed by atoms with van der Waals surface area (Å²) in [5.74, 6) is 3.78. The van der Waals surface area contributed by atoms with Gasteiger partial charge in [-0.2, -0.15) is 0 Å². The van der Waals surface area contributed by atoms with E-state index in [4.69, 9.17) is 14.2 Å². The zero-order chi connectivity index (χ0) is 16.4. The molecule has 0 spiro atoms. The van der Waals surface area contributed by atoms with E-state index < -0.39 is 0 Å². The molecule has 1 aliphatic heterocycles. The fraction of sp³-hybridized carbons (Fsp3) is 0.588.